The van der Waals surface area contributed by atoms with Gasteiger partial charge in [0.2, 0.25) is 0 Å². The lowest BCUT2D eigenvalue weighted by atomic mass is 10.1. The molecule has 4 nitrogen and oxygen atoms in total. The minimum atomic E-state index is 0.0535. The fourth-order valence-corrected chi connectivity index (χ4v) is 2.59. The van der Waals surface area contributed by atoms with Gasteiger partial charge in [-0.15, -0.1) is 22.7 Å². The van der Waals surface area contributed by atoms with Crippen LogP contribution in [0, 0.1) is 6.92 Å². The first-order valence-electron chi connectivity index (χ1n) is 4.55. The predicted molar refractivity (Wildman–Crippen MR) is 62.7 cm³/mol. The zero-order valence-electron chi connectivity index (χ0n) is 8.30. The Labute approximate surface area is 96.2 Å². The molecule has 6 heteroatoms. The van der Waals surface area contributed by atoms with Crippen molar-refractivity contribution in [2.75, 3.05) is 0 Å². The molecule has 80 valence electrons. The summed E-state index contributed by atoms with van der Waals surface area (Å²) in [7, 11) is 0. The van der Waals surface area contributed by atoms with Crippen LogP contribution in [-0.2, 0) is 6.42 Å². The lowest BCUT2D eigenvalue weighted by molar-refractivity contribution is 0.536. The number of rotatable bonds is 4. The van der Waals surface area contributed by atoms with Crippen LogP contribution in [0.2, 0.25) is 0 Å². The lowest BCUT2D eigenvalue weighted by Crippen LogP contribution is -2.29. The van der Waals surface area contributed by atoms with E-state index in [4.69, 9.17) is 5.84 Å². The van der Waals surface area contributed by atoms with E-state index < -0.39 is 0 Å². The third-order valence-electron chi connectivity index (χ3n) is 2.09. The smallest absolute Gasteiger partial charge is 0.0897 e. The molecule has 0 saturated heterocycles. The summed E-state index contributed by atoms with van der Waals surface area (Å²) < 4.78 is 0. The summed E-state index contributed by atoms with van der Waals surface area (Å²) in [6.45, 7) is 2.00. The number of hydrogen-bond donors (Lipinski definition) is 2. The maximum absolute atomic E-state index is 5.51. The molecule has 0 spiro atoms. The second kappa shape index (κ2) is 4.80. The SMILES string of the molecule is Cc1nc(CC(NN)c2cscn2)cs1. The lowest BCUT2D eigenvalue weighted by Gasteiger charge is -2.11. The molecular weight excluding hydrogens is 228 g/mol. The van der Waals surface area contributed by atoms with Crippen LogP contribution >= 0.6 is 22.7 Å². The largest absolute Gasteiger partial charge is 0.271 e. The molecule has 0 aliphatic rings. The molecular formula is C9H12N4S2. The normalized spacial score (nSPS) is 12.9. The Hall–Kier alpha value is -0.820. The van der Waals surface area contributed by atoms with E-state index in [1.807, 2.05) is 17.8 Å². The maximum atomic E-state index is 5.51. The van der Waals surface area contributed by atoms with Crippen molar-refractivity contribution in [1.29, 1.82) is 0 Å². The third-order valence-corrected chi connectivity index (χ3v) is 3.52. The molecule has 2 aromatic rings. The molecule has 1 atom stereocenters. The second-order valence-electron chi connectivity index (χ2n) is 3.19. The molecule has 0 bridgehead atoms. The Morgan fingerprint density at radius 1 is 1.53 bits per heavy atom. The minimum absolute atomic E-state index is 0.0535. The highest BCUT2D eigenvalue weighted by Crippen LogP contribution is 2.18. The van der Waals surface area contributed by atoms with Gasteiger partial charge in [0.15, 0.2) is 0 Å². The molecule has 0 fully saturated rings. The number of nitrogens with zero attached hydrogens (tertiary/aromatic N) is 2. The molecule has 0 aliphatic carbocycles. The highest BCUT2D eigenvalue weighted by Gasteiger charge is 2.13. The first-order valence-corrected chi connectivity index (χ1v) is 6.37. The standard InChI is InChI=1S/C9H12N4S2/c1-6-12-7(3-15-6)2-8(13-10)9-4-14-5-11-9/h3-5,8,13H,2,10H2,1H3. The Bertz CT molecular complexity index is 409. The summed E-state index contributed by atoms with van der Waals surface area (Å²) in [5, 5.41) is 5.15. The van der Waals surface area contributed by atoms with Gasteiger partial charge in [-0.25, -0.2) is 9.97 Å². The van der Waals surface area contributed by atoms with E-state index in [1.54, 1.807) is 22.7 Å². The summed E-state index contributed by atoms with van der Waals surface area (Å²) in [5.41, 5.74) is 6.63. The number of nitrogens with two attached hydrogens (primary N) is 1. The zero-order chi connectivity index (χ0) is 10.7. The van der Waals surface area contributed by atoms with Crippen molar-refractivity contribution in [2.24, 2.45) is 5.84 Å². The Kier molecular flexibility index (Phi) is 3.42. The summed E-state index contributed by atoms with van der Waals surface area (Å²) in [5.74, 6) is 5.51. The fourth-order valence-electron chi connectivity index (χ4n) is 1.35. The van der Waals surface area contributed by atoms with E-state index in [1.165, 1.54) is 0 Å². The number of aromatic nitrogens is 2. The molecule has 0 saturated carbocycles. The van der Waals surface area contributed by atoms with Gasteiger partial charge in [0.05, 0.1) is 27.9 Å². The molecule has 0 aliphatic heterocycles. The van der Waals surface area contributed by atoms with Crippen molar-refractivity contribution in [3.05, 3.63) is 32.7 Å². The van der Waals surface area contributed by atoms with E-state index in [-0.39, 0.29) is 6.04 Å². The fraction of sp³-hybridized carbons (Fsp3) is 0.333. The molecule has 2 aromatic heterocycles. The third kappa shape index (κ3) is 2.60. The van der Waals surface area contributed by atoms with Crippen molar-refractivity contribution in [2.45, 2.75) is 19.4 Å². The van der Waals surface area contributed by atoms with E-state index in [0.29, 0.717) is 0 Å². The van der Waals surface area contributed by atoms with Crippen molar-refractivity contribution < 1.29 is 0 Å². The molecule has 2 heterocycles. The van der Waals surface area contributed by atoms with Crippen LogP contribution in [0.1, 0.15) is 22.4 Å². The van der Waals surface area contributed by atoms with Gasteiger partial charge in [0, 0.05) is 17.2 Å². The van der Waals surface area contributed by atoms with Crippen LogP contribution in [0.25, 0.3) is 0 Å². The molecule has 3 N–H and O–H groups in total. The predicted octanol–water partition coefficient (Wildman–Crippen LogP) is 1.66. The summed E-state index contributed by atoms with van der Waals surface area (Å²) in [6, 6.07) is 0.0535. The van der Waals surface area contributed by atoms with E-state index in [9.17, 15) is 0 Å². The van der Waals surface area contributed by atoms with Crippen LogP contribution in [0.5, 0.6) is 0 Å². The molecule has 0 aromatic carbocycles. The minimum Gasteiger partial charge on any atom is -0.271 e. The van der Waals surface area contributed by atoms with Gasteiger partial charge in [-0.3, -0.25) is 11.3 Å². The van der Waals surface area contributed by atoms with Crippen LogP contribution in [0.4, 0.5) is 0 Å². The van der Waals surface area contributed by atoms with Crippen LogP contribution in [0.15, 0.2) is 16.3 Å². The van der Waals surface area contributed by atoms with Crippen LogP contribution < -0.4 is 11.3 Å². The van der Waals surface area contributed by atoms with Crippen molar-refractivity contribution in [3.63, 3.8) is 0 Å². The number of aryl methyl sites for hydroxylation is 1. The van der Waals surface area contributed by atoms with E-state index in [2.05, 4.69) is 20.8 Å². The van der Waals surface area contributed by atoms with Gasteiger partial charge in [-0.2, -0.15) is 0 Å². The molecule has 2 rings (SSSR count). The van der Waals surface area contributed by atoms with Crippen LogP contribution in [0.3, 0.4) is 0 Å². The Balaban J connectivity index is 2.09. The second-order valence-corrected chi connectivity index (χ2v) is 4.98. The summed E-state index contributed by atoms with van der Waals surface area (Å²) >= 11 is 3.23. The topological polar surface area (TPSA) is 63.8 Å². The first-order chi connectivity index (χ1) is 7.29. The number of hydrazine groups is 1. The van der Waals surface area contributed by atoms with Gasteiger partial charge in [0.1, 0.15) is 0 Å². The maximum Gasteiger partial charge on any atom is 0.0897 e. The molecule has 1 unspecified atom stereocenters. The van der Waals surface area contributed by atoms with Crippen molar-refractivity contribution in [3.8, 4) is 0 Å². The monoisotopic (exact) mass is 240 g/mol. The quantitative estimate of drug-likeness (QED) is 0.630. The molecule has 15 heavy (non-hydrogen) atoms. The number of hydrogen-bond acceptors (Lipinski definition) is 6. The average molecular weight is 240 g/mol. The van der Waals surface area contributed by atoms with Crippen molar-refractivity contribution in [1.82, 2.24) is 15.4 Å². The summed E-state index contributed by atoms with van der Waals surface area (Å²) in [4.78, 5) is 8.65. The summed E-state index contributed by atoms with van der Waals surface area (Å²) in [6.07, 6.45) is 0.782. The number of thiazole rings is 2. The Morgan fingerprint density at radius 3 is 2.93 bits per heavy atom. The van der Waals surface area contributed by atoms with Crippen LogP contribution in [-0.4, -0.2) is 9.97 Å². The molecule has 0 radical (unpaired) electrons. The van der Waals surface area contributed by atoms with E-state index in [0.717, 1.165) is 22.8 Å². The highest BCUT2D eigenvalue weighted by molar-refractivity contribution is 7.09. The number of nitrogens with one attached hydrogen (secondary N) is 1. The van der Waals surface area contributed by atoms with Gasteiger partial charge in [-0.05, 0) is 6.92 Å². The van der Waals surface area contributed by atoms with Gasteiger partial charge < -0.3 is 0 Å². The van der Waals surface area contributed by atoms with E-state index >= 15 is 0 Å². The first kappa shape index (κ1) is 10.7. The highest BCUT2D eigenvalue weighted by atomic mass is 32.1. The molecule has 0 amide bonds. The van der Waals surface area contributed by atoms with Gasteiger partial charge >= 0.3 is 0 Å². The van der Waals surface area contributed by atoms with Crippen molar-refractivity contribution >= 4 is 22.7 Å². The zero-order valence-corrected chi connectivity index (χ0v) is 9.94. The van der Waals surface area contributed by atoms with Gasteiger partial charge in [-0.1, -0.05) is 0 Å². The Morgan fingerprint density at radius 2 is 2.40 bits per heavy atom. The average Bonchev–Trinajstić information content (AvgIpc) is 2.85. The van der Waals surface area contributed by atoms with Gasteiger partial charge in [0.25, 0.3) is 0 Å².